The molecule has 0 aliphatic carbocycles. The van der Waals surface area contributed by atoms with Crippen molar-refractivity contribution in [2.75, 3.05) is 25.0 Å². The largest absolute Gasteiger partial charge is 0.347 e. The second-order valence-electron chi connectivity index (χ2n) is 6.09. The summed E-state index contributed by atoms with van der Waals surface area (Å²) in [7, 11) is 1.85. The molecule has 0 spiro atoms. The van der Waals surface area contributed by atoms with Crippen LogP contribution in [0.3, 0.4) is 0 Å². The molecule has 0 bridgehead atoms. The van der Waals surface area contributed by atoms with Gasteiger partial charge < -0.3 is 16.0 Å². The van der Waals surface area contributed by atoms with Crippen LogP contribution in [0.5, 0.6) is 0 Å². The Labute approximate surface area is 162 Å². The van der Waals surface area contributed by atoms with Gasteiger partial charge >= 0.3 is 0 Å². The number of nitrogens with one attached hydrogen (secondary N) is 3. The second kappa shape index (κ2) is 9.02. The molecule has 0 unspecified atom stereocenters. The maximum Gasteiger partial charge on any atom is 0.243 e. The average molecular weight is 398 g/mol. The number of hydrogen-bond donors (Lipinski definition) is 3. The molecule has 2 heterocycles. The van der Waals surface area contributed by atoms with E-state index in [0.29, 0.717) is 17.3 Å². The third-order valence-electron chi connectivity index (χ3n) is 4.26. The number of amides is 2. The normalized spacial score (nSPS) is 18.8. The topological polar surface area (TPSA) is 88.0 Å². The van der Waals surface area contributed by atoms with Crippen molar-refractivity contribution in [3.05, 3.63) is 47.2 Å². The molecule has 1 aliphatic heterocycles. The van der Waals surface area contributed by atoms with E-state index < -0.39 is 0 Å². The van der Waals surface area contributed by atoms with Gasteiger partial charge in [-0.3, -0.25) is 14.3 Å². The van der Waals surface area contributed by atoms with Crippen molar-refractivity contribution in [3.8, 4) is 0 Å². The predicted octanol–water partition coefficient (Wildman–Crippen LogP) is 1.55. The van der Waals surface area contributed by atoms with E-state index in [0.717, 1.165) is 12.1 Å². The molecule has 0 radical (unpaired) electrons. The van der Waals surface area contributed by atoms with Gasteiger partial charge in [0, 0.05) is 43.0 Å². The lowest BCUT2D eigenvalue weighted by Crippen LogP contribution is -2.39. The molecule has 1 saturated heterocycles. The minimum Gasteiger partial charge on any atom is -0.347 e. The number of halogens is 2. The van der Waals surface area contributed by atoms with Gasteiger partial charge in [-0.2, -0.15) is 5.10 Å². The summed E-state index contributed by atoms with van der Waals surface area (Å²) in [5.74, 6) is -0.565. The zero-order valence-corrected chi connectivity index (χ0v) is 15.8. The van der Waals surface area contributed by atoms with Crippen LogP contribution in [0.25, 0.3) is 0 Å². The van der Waals surface area contributed by atoms with Crippen LogP contribution in [0.1, 0.15) is 11.5 Å². The van der Waals surface area contributed by atoms with Crippen LogP contribution >= 0.6 is 24.0 Å². The van der Waals surface area contributed by atoms with E-state index in [-0.39, 0.29) is 42.6 Å². The highest BCUT2D eigenvalue weighted by molar-refractivity contribution is 6.30. The summed E-state index contributed by atoms with van der Waals surface area (Å²) < 4.78 is 1.72. The Morgan fingerprint density at radius 1 is 1.31 bits per heavy atom. The van der Waals surface area contributed by atoms with Crippen molar-refractivity contribution < 1.29 is 9.59 Å². The average Bonchev–Trinajstić information content (AvgIpc) is 3.23. The van der Waals surface area contributed by atoms with E-state index in [2.05, 4.69) is 21.0 Å². The third kappa shape index (κ3) is 4.97. The summed E-state index contributed by atoms with van der Waals surface area (Å²) in [6, 6.07) is 6.81. The van der Waals surface area contributed by atoms with Crippen LogP contribution in [0.4, 0.5) is 5.69 Å². The monoisotopic (exact) mass is 397 g/mol. The van der Waals surface area contributed by atoms with Crippen molar-refractivity contribution in [2.24, 2.45) is 13.0 Å². The molecule has 26 heavy (non-hydrogen) atoms. The van der Waals surface area contributed by atoms with Crippen molar-refractivity contribution in [3.63, 3.8) is 0 Å². The number of nitrogens with zero attached hydrogens (tertiary/aromatic N) is 2. The van der Waals surface area contributed by atoms with Gasteiger partial charge in [-0.1, -0.05) is 11.6 Å². The first-order valence-corrected chi connectivity index (χ1v) is 8.43. The first kappa shape index (κ1) is 20.2. The molecule has 0 saturated carbocycles. The summed E-state index contributed by atoms with van der Waals surface area (Å²) in [4.78, 5) is 24.4. The van der Waals surface area contributed by atoms with Gasteiger partial charge in [0.25, 0.3) is 0 Å². The highest BCUT2D eigenvalue weighted by Crippen LogP contribution is 2.27. The van der Waals surface area contributed by atoms with Crippen molar-refractivity contribution in [1.29, 1.82) is 0 Å². The number of aryl methyl sites for hydroxylation is 1. The number of hydrogen-bond acceptors (Lipinski definition) is 4. The minimum absolute atomic E-state index is 0. The van der Waals surface area contributed by atoms with Gasteiger partial charge in [0.2, 0.25) is 11.8 Å². The first-order valence-electron chi connectivity index (χ1n) is 8.05. The summed E-state index contributed by atoms with van der Waals surface area (Å²) in [6.45, 7) is 1.24. The third-order valence-corrected chi connectivity index (χ3v) is 4.51. The number of rotatable bonds is 5. The Morgan fingerprint density at radius 2 is 2.04 bits per heavy atom. The summed E-state index contributed by atoms with van der Waals surface area (Å²) in [5, 5.41) is 13.4. The van der Waals surface area contributed by atoms with Crippen molar-refractivity contribution in [2.45, 2.75) is 5.92 Å². The van der Waals surface area contributed by atoms with Crippen LogP contribution in [-0.2, 0) is 16.6 Å². The second-order valence-corrected chi connectivity index (χ2v) is 6.53. The van der Waals surface area contributed by atoms with Crippen LogP contribution in [0, 0.1) is 5.92 Å². The summed E-state index contributed by atoms with van der Waals surface area (Å²) >= 11 is 5.81. The molecule has 7 nitrogen and oxygen atoms in total. The molecule has 140 valence electrons. The molecule has 9 heteroatoms. The van der Waals surface area contributed by atoms with Gasteiger partial charge in [0.1, 0.15) is 0 Å². The zero-order valence-electron chi connectivity index (χ0n) is 14.2. The number of benzene rings is 1. The Hall–Kier alpha value is -2.09. The van der Waals surface area contributed by atoms with Gasteiger partial charge in [0.05, 0.1) is 18.7 Å². The zero-order chi connectivity index (χ0) is 17.8. The number of aromatic nitrogens is 2. The van der Waals surface area contributed by atoms with Gasteiger partial charge in [-0.25, -0.2) is 0 Å². The van der Waals surface area contributed by atoms with Crippen LogP contribution in [0.2, 0.25) is 5.02 Å². The summed E-state index contributed by atoms with van der Waals surface area (Å²) in [6.07, 6.45) is 3.70. The summed E-state index contributed by atoms with van der Waals surface area (Å²) in [5.41, 5.74) is 1.66. The van der Waals surface area contributed by atoms with Crippen LogP contribution in [-0.4, -0.2) is 41.2 Å². The van der Waals surface area contributed by atoms with Crippen LogP contribution < -0.4 is 16.0 Å². The molecule has 1 fully saturated rings. The smallest absolute Gasteiger partial charge is 0.243 e. The fraction of sp³-hybridized carbons (Fsp3) is 0.353. The van der Waals surface area contributed by atoms with E-state index in [4.69, 9.17) is 11.6 Å². The maximum absolute atomic E-state index is 12.5. The standard InChI is InChI=1S/C17H20ClN5O2.ClH/c1-23-10-11(6-21-23)14-7-19-8-15(14)17(25)20-9-16(24)22-13-4-2-12(18)3-5-13;/h2-6,10,14-15,19H,7-9H2,1H3,(H,20,25)(H,22,24);1H/t14-,15+;/m1./s1. The predicted molar refractivity (Wildman–Crippen MR) is 103 cm³/mol. The molecule has 3 N–H and O–H groups in total. The van der Waals surface area contributed by atoms with E-state index in [1.165, 1.54) is 0 Å². The molecule has 3 rings (SSSR count). The lowest BCUT2D eigenvalue weighted by atomic mass is 9.90. The highest BCUT2D eigenvalue weighted by Gasteiger charge is 2.34. The molecular weight excluding hydrogens is 377 g/mol. The molecule has 1 aliphatic rings. The van der Waals surface area contributed by atoms with Crippen LogP contribution in [0.15, 0.2) is 36.7 Å². The Kier molecular flexibility index (Phi) is 7.02. The minimum atomic E-state index is -0.278. The van der Waals surface area contributed by atoms with E-state index in [1.54, 1.807) is 35.1 Å². The van der Waals surface area contributed by atoms with Crippen molar-refractivity contribution >= 4 is 41.5 Å². The van der Waals surface area contributed by atoms with Gasteiger partial charge in [-0.15, -0.1) is 12.4 Å². The van der Waals surface area contributed by atoms with E-state index >= 15 is 0 Å². The lowest BCUT2D eigenvalue weighted by molar-refractivity contribution is -0.127. The Bertz CT molecular complexity index is 763. The molecule has 1 aromatic carbocycles. The SMILES string of the molecule is Cl.Cn1cc([C@H]2CNC[C@@H]2C(=O)NCC(=O)Nc2ccc(Cl)cc2)cn1. The fourth-order valence-corrected chi connectivity index (χ4v) is 3.10. The highest BCUT2D eigenvalue weighted by atomic mass is 35.5. The number of carbonyl (C=O) groups is 2. The van der Waals surface area contributed by atoms with E-state index in [9.17, 15) is 9.59 Å². The molecule has 1 aromatic heterocycles. The maximum atomic E-state index is 12.5. The van der Waals surface area contributed by atoms with E-state index in [1.807, 2.05) is 13.2 Å². The molecule has 2 atom stereocenters. The van der Waals surface area contributed by atoms with Gasteiger partial charge in [0.15, 0.2) is 0 Å². The molecule has 2 amide bonds. The lowest BCUT2D eigenvalue weighted by Gasteiger charge is -2.17. The van der Waals surface area contributed by atoms with Crippen molar-refractivity contribution in [1.82, 2.24) is 20.4 Å². The molecular formula is C17H21Cl2N5O2. The Morgan fingerprint density at radius 3 is 2.69 bits per heavy atom. The van der Waals surface area contributed by atoms with Gasteiger partial charge in [-0.05, 0) is 29.8 Å². The number of carbonyl (C=O) groups excluding carboxylic acids is 2. The number of anilines is 1. The quantitative estimate of drug-likeness (QED) is 0.713. The fourth-order valence-electron chi connectivity index (χ4n) is 2.97. The first-order chi connectivity index (χ1) is 12.0. The Balaban J connectivity index is 0.00000243. The molecule has 2 aromatic rings.